The highest BCUT2D eigenvalue weighted by Crippen LogP contribution is 2.39. The maximum Gasteiger partial charge on any atom is 0.310 e. The van der Waals surface area contributed by atoms with Crippen LogP contribution in [0, 0.1) is 18.8 Å². The van der Waals surface area contributed by atoms with Crippen molar-refractivity contribution < 1.29 is 19.4 Å². The van der Waals surface area contributed by atoms with Gasteiger partial charge in [0.15, 0.2) is 0 Å². The van der Waals surface area contributed by atoms with Gasteiger partial charge >= 0.3 is 5.97 Å². The minimum absolute atomic E-state index is 0.307. The normalized spacial score (nSPS) is 30.4. The van der Waals surface area contributed by atoms with Gasteiger partial charge in [0.2, 0.25) is 5.91 Å². The maximum atomic E-state index is 12.3. The molecule has 2 heterocycles. The van der Waals surface area contributed by atoms with Gasteiger partial charge in [0.25, 0.3) is 0 Å². The van der Waals surface area contributed by atoms with Gasteiger partial charge in [-0.25, -0.2) is 0 Å². The molecule has 1 amide bonds. The molecule has 1 aromatic rings. The Kier molecular flexibility index (Phi) is 3.06. The molecule has 104 valence electrons. The summed E-state index contributed by atoms with van der Waals surface area (Å²) in [6.07, 6.45) is 2.56. The van der Waals surface area contributed by atoms with Gasteiger partial charge in [0.05, 0.1) is 18.1 Å². The Morgan fingerprint density at radius 1 is 1.10 bits per heavy atom. The first kappa shape index (κ1) is 12.9. The van der Waals surface area contributed by atoms with E-state index < -0.39 is 30.0 Å². The monoisotopic (exact) mass is 273 g/mol. The molecule has 2 N–H and O–H groups in total. The van der Waals surface area contributed by atoms with Crippen molar-refractivity contribution in [2.45, 2.75) is 19.1 Å². The highest BCUT2D eigenvalue weighted by molar-refractivity contribution is 5.96. The Morgan fingerprint density at radius 2 is 1.70 bits per heavy atom. The first-order valence-electron chi connectivity index (χ1n) is 6.50. The van der Waals surface area contributed by atoms with Crippen LogP contribution in [-0.4, -0.2) is 29.2 Å². The quantitative estimate of drug-likeness (QED) is 0.820. The lowest BCUT2D eigenvalue weighted by Gasteiger charge is -2.21. The zero-order chi connectivity index (χ0) is 14.3. The van der Waals surface area contributed by atoms with Crippen molar-refractivity contribution in [1.29, 1.82) is 0 Å². The average molecular weight is 273 g/mol. The molecule has 0 unspecified atom stereocenters. The number of carbonyl (C=O) groups excluding carboxylic acids is 1. The number of nitrogens with one attached hydrogen (secondary N) is 1. The van der Waals surface area contributed by atoms with E-state index in [0.29, 0.717) is 5.69 Å². The Morgan fingerprint density at radius 3 is 2.30 bits per heavy atom. The largest absolute Gasteiger partial charge is 0.481 e. The summed E-state index contributed by atoms with van der Waals surface area (Å²) in [6.45, 7) is 1.96. The smallest absolute Gasteiger partial charge is 0.310 e. The molecular weight excluding hydrogens is 258 g/mol. The number of carboxylic acids is 1. The van der Waals surface area contributed by atoms with Gasteiger partial charge in [-0.15, -0.1) is 0 Å². The van der Waals surface area contributed by atoms with Gasteiger partial charge < -0.3 is 15.2 Å². The summed E-state index contributed by atoms with van der Waals surface area (Å²) in [5.41, 5.74) is 1.76. The molecule has 1 aromatic carbocycles. The van der Waals surface area contributed by atoms with Crippen LogP contribution < -0.4 is 5.32 Å². The number of carboxylic acid groups (broad SMARTS) is 1. The number of benzene rings is 1. The molecule has 20 heavy (non-hydrogen) atoms. The summed E-state index contributed by atoms with van der Waals surface area (Å²) < 4.78 is 5.48. The molecule has 3 rings (SSSR count). The fraction of sp³-hybridized carbons (Fsp3) is 0.333. The standard InChI is InChI=1S/C15H15NO4/c1-8-2-4-9(5-3-8)16-14(17)12-10-6-7-11(20-10)13(12)15(18)19/h2-7,10-13H,1H3,(H,16,17)(H,18,19)/t10-,11-,12+,13-/m1/s1. The molecule has 0 radical (unpaired) electrons. The Hall–Kier alpha value is -2.14. The van der Waals surface area contributed by atoms with Crippen LogP contribution in [0.1, 0.15) is 5.56 Å². The lowest BCUT2D eigenvalue weighted by molar-refractivity contribution is -0.145. The number of amides is 1. The van der Waals surface area contributed by atoms with Crippen LogP contribution in [0.4, 0.5) is 5.69 Å². The molecule has 4 atom stereocenters. The molecule has 0 aromatic heterocycles. The first-order chi connectivity index (χ1) is 9.56. The second-order valence-electron chi connectivity index (χ2n) is 5.20. The molecule has 2 aliphatic heterocycles. The van der Waals surface area contributed by atoms with Crippen molar-refractivity contribution in [2.75, 3.05) is 5.32 Å². The second kappa shape index (κ2) is 4.76. The van der Waals surface area contributed by atoms with Gasteiger partial charge in [-0.2, -0.15) is 0 Å². The number of ether oxygens (including phenoxy) is 1. The summed E-state index contributed by atoms with van der Waals surface area (Å²) in [5, 5.41) is 12.0. The molecule has 1 saturated heterocycles. The highest BCUT2D eigenvalue weighted by Gasteiger charge is 2.53. The van der Waals surface area contributed by atoms with Gasteiger partial charge in [0.1, 0.15) is 5.92 Å². The summed E-state index contributed by atoms with van der Waals surface area (Å²) in [4.78, 5) is 23.6. The average Bonchev–Trinajstić information content (AvgIpc) is 3.01. The maximum absolute atomic E-state index is 12.3. The van der Waals surface area contributed by atoms with Crippen molar-refractivity contribution in [3.05, 3.63) is 42.0 Å². The Balaban J connectivity index is 1.78. The van der Waals surface area contributed by atoms with Crippen LogP contribution in [0.2, 0.25) is 0 Å². The first-order valence-corrected chi connectivity index (χ1v) is 6.50. The SMILES string of the molecule is Cc1ccc(NC(=O)[C@@H]2[C@H](C(=O)O)[C@H]3C=C[C@H]2O3)cc1. The number of hydrogen-bond donors (Lipinski definition) is 2. The lowest BCUT2D eigenvalue weighted by atomic mass is 9.82. The van der Waals surface area contributed by atoms with Crippen molar-refractivity contribution in [1.82, 2.24) is 0 Å². The summed E-state index contributed by atoms with van der Waals surface area (Å²) >= 11 is 0. The van der Waals surface area contributed by atoms with Crippen LogP contribution in [0.25, 0.3) is 0 Å². The van der Waals surface area contributed by atoms with Crippen LogP contribution in [0.5, 0.6) is 0 Å². The number of rotatable bonds is 3. The van der Waals surface area contributed by atoms with Gasteiger partial charge in [-0.05, 0) is 19.1 Å². The predicted octanol–water partition coefficient (Wildman–Crippen LogP) is 1.59. The van der Waals surface area contributed by atoms with E-state index in [1.807, 2.05) is 19.1 Å². The van der Waals surface area contributed by atoms with Crippen LogP contribution in [0.3, 0.4) is 0 Å². The molecule has 5 heteroatoms. The second-order valence-corrected chi connectivity index (χ2v) is 5.20. The van der Waals surface area contributed by atoms with Crippen molar-refractivity contribution in [2.24, 2.45) is 11.8 Å². The fourth-order valence-corrected chi connectivity index (χ4v) is 2.78. The molecule has 5 nitrogen and oxygen atoms in total. The highest BCUT2D eigenvalue weighted by atomic mass is 16.5. The van der Waals surface area contributed by atoms with Crippen LogP contribution >= 0.6 is 0 Å². The van der Waals surface area contributed by atoms with E-state index in [9.17, 15) is 14.7 Å². The third-order valence-electron chi connectivity index (χ3n) is 3.81. The Bertz CT molecular complexity index is 578. The summed E-state index contributed by atoms with van der Waals surface area (Å²) in [5.74, 6) is -2.79. The molecule has 1 fully saturated rings. The van der Waals surface area contributed by atoms with E-state index in [4.69, 9.17) is 4.74 Å². The van der Waals surface area contributed by atoms with E-state index in [2.05, 4.69) is 5.32 Å². The molecule has 0 spiro atoms. The van der Waals surface area contributed by atoms with Gasteiger partial charge in [-0.1, -0.05) is 29.8 Å². The number of aryl methyl sites for hydroxylation is 1. The summed E-state index contributed by atoms with van der Waals surface area (Å²) in [7, 11) is 0. The number of fused-ring (bicyclic) bond motifs is 2. The minimum atomic E-state index is -0.995. The molecule has 2 aliphatic rings. The third kappa shape index (κ3) is 2.10. The third-order valence-corrected chi connectivity index (χ3v) is 3.81. The number of anilines is 1. The fourth-order valence-electron chi connectivity index (χ4n) is 2.78. The Labute approximate surface area is 116 Å². The molecular formula is C15H15NO4. The minimum Gasteiger partial charge on any atom is -0.481 e. The van der Waals surface area contributed by atoms with Gasteiger partial charge in [0, 0.05) is 5.69 Å². The molecule has 0 saturated carbocycles. The number of aliphatic carboxylic acids is 1. The van der Waals surface area contributed by atoms with Crippen molar-refractivity contribution in [3.63, 3.8) is 0 Å². The summed E-state index contributed by atoms with van der Waals surface area (Å²) in [6, 6.07) is 7.38. The predicted molar refractivity (Wildman–Crippen MR) is 72.2 cm³/mol. The van der Waals surface area contributed by atoms with Gasteiger partial charge in [-0.3, -0.25) is 9.59 Å². The number of hydrogen-bond acceptors (Lipinski definition) is 3. The van der Waals surface area contributed by atoms with Crippen LogP contribution in [0.15, 0.2) is 36.4 Å². The van der Waals surface area contributed by atoms with E-state index in [1.165, 1.54) is 0 Å². The lowest BCUT2D eigenvalue weighted by Crippen LogP contribution is -2.39. The van der Waals surface area contributed by atoms with E-state index in [0.717, 1.165) is 5.56 Å². The topological polar surface area (TPSA) is 75.6 Å². The van der Waals surface area contributed by atoms with Crippen LogP contribution in [-0.2, 0) is 14.3 Å². The van der Waals surface area contributed by atoms with Crippen molar-refractivity contribution >= 4 is 17.6 Å². The number of carbonyl (C=O) groups is 2. The molecule has 0 aliphatic carbocycles. The van der Waals surface area contributed by atoms with Crippen molar-refractivity contribution in [3.8, 4) is 0 Å². The van der Waals surface area contributed by atoms with E-state index in [1.54, 1.807) is 24.3 Å². The zero-order valence-electron chi connectivity index (χ0n) is 10.9. The van der Waals surface area contributed by atoms with E-state index >= 15 is 0 Å². The molecule has 2 bridgehead atoms. The van der Waals surface area contributed by atoms with E-state index in [-0.39, 0.29) is 5.91 Å². The zero-order valence-corrected chi connectivity index (χ0v) is 10.9.